The van der Waals surface area contributed by atoms with Crippen LogP contribution in [0.3, 0.4) is 0 Å². The van der Waals surface area contributed by atoms with E-state index in [0.717, 1.165) is 17.7 Å². The zero-order valence-corrected chi connectivity index (χ0v) is 15.5. The molecule has 1 N–H and O–H groups in total. The molecule has 3 aromatic carbocycles. The van der Waals surface area contributed by atoms with E-state index >= 15 is 0 Å². The molecule has 0 spiro atoms. The molecule has 0 aromatic heterocycles. The van der Waals surface area contributed by atoms with Gasteiger partial charge in [-0.25, -0.2) is 0 Å². The minimum atomic E-state index is -0.478. The average Bonchev–Trinajstić information content (AvgIpc) is 2.65. The molecule has 0 radical (unpaired) electrons. The van der Waals surface area contributed by atoms with Gasteiger partial charge in [0.2, 0.25) is 0 Å². The molecule has 2 unspecified atom stereocenters. The van der Waals surface area contributed by atoms with Gasteiger partial charge in [-0.05, 0) is 30.7 Å². The van der Waals surface area contributed by atoms with Crippen LogP contribution in [0.4, 0.5) is 0 Å². The Morgan fingerprint density at radius 2 is 1.31 bits per heavy atom. The number of hydrogen-bond acceptors (Lipinski definition) is 2. The summed E-state index contributed by atoms with van der Waals surface area (Å²) < 4.78 is 0. The van der Waals surface area contributed by atoms with E-state index in [0.29, 0.717) is 6.54 Å². The maximum absolute atomic E-state index is 11.1. The summed E-state index contributed by atoms with van der Waals surface area (Å²) in [7, 11) is 2.06. The molecule has 0 aliphatic heterocycles. The Morgan fingerprint density at radius 1 is 0.769 bits per heavy atom. The van der Waals surface area contributed by atoms with E-state index in [2.05, 4.69) is 79.5 Å². The van der Waals surface area contributed by atoms with Crippen LogP contribution in [-0.2, 0) is 6.54 Å². The number of hydrogen-bond donors (Lipinski definition) is 1. The van der Waals surface area contributed by atoms with E-state index in [9.17, 15) is 5.11 Å². The molecule has 2 nitrogen and oxygen atoms in total. The van der Waals surface area contributed by atoms with Gasteiger partial charge in [-0.3, -0.25) is 4.90 Å². The van der Waals surface area contributed by atoms with E-state index in [1.165, 1.54) is 11.1 Å². The maximum Gasteiger partial charge on any atom is 0.0776 e. The van der Waals surface area contributed by atoms with Crippen LogP contribution in [0, 0.1) is 6.92 Å². The first-order chi connectivity index (χ1) is 12.6. The number of aliphatic hydroxyl groups is 1. The van der Waals surface area contributed by atoms with Crippen molar-refractivity contribution in [3.63, 3.8) is 0 Å². The lowest BCUT2D eigenvalue weighted by Crippen LogP contribution is -2.33. The van der Waals surface area contributed by atoms with Gasteiger partial charge in [0, 0.05) is 19.0 Å². The van der Waals surface area contributed by atoms with Crippen LogP contribution >= 0.6 is 0 Å². The lowest BCUT2D eigenvalue weighted by atomic mass is 9.86. The summed E-state index contributed by atoms with van der Waals surface area (Å²) in [6.07, 6.45) is -0.478. The minimum Gasteiger partial charge on any atom is -0.391 e. The molecule has 0 saturated heterocycles. The highest BCUT2D eigenvalue weighted by Gasteiger charge is 2.24. The third-order valence-electron chi connectivity index (χ3n) is 4.77. The van der Waals surface area contributed by atoms with Crippen molar-refractivity contribution in [1.82, 2.24) is 4.90 Å². The standard InChI is InChI=1S/C24H27NO/c1-19-13-15-22(16-14-19)24(21-11-7-4-8-12-21)23(26)18-25(2)17-20-9-5-3-6-10-20/h3-16,23-24,26H,17-18H2,1-2H3. The molecule has 0 heterocycles. The predicted octanol–water partition coefficient (Wildman–Crippen LogP) is 4.62. The second-order valence-electron chi connectivity index (χ2n) is 7.05. The Morgan fingerprint density at radius 3 is 1.92 bits per heavy atom. The summed E-state index contributed by atoms with van der Waals surface area (Å²) in [5.41, 5.74) is 4.80. The lowest BCUT2D eigenvalue weighted by Gasteiger charge is -2.28. The topological polar surface area (TPSA) is 23.5 Å². The maximum atomic E-state index is 11.1. The molecular weight excluding hydrogens is 318 g/mol. The van der Waals surface area contributed by atoms with E-state index in [-0.39, 0.29) is 5.92 Å². The Bertz CT molecular complexity index is 783. The largest absolute Gasteiger partial charge is 0.391 e. The molecule has 0 amide bonds. The van der Waals surface area contributed by atoms with E-state index in [1.807, 2.05) is 24.3 Å². The summed E-state index contributed by atoms with van der Waals surface area (Å²) in [5.74, 6) is -0.0324. The van der Waals surface area contributed by atoms with Crippen LogP contribution in [0.5, 0.6) is 0 Å². The normalized spacial score (nSPS) is 13.5. The molecule has 0 bridgehead atoms. The molecule has 0 fully saturated rings. The molecule has 134 valence electrons. The first kappa shape index (κ1) is 18.4. The van der Waals surface area contributed by atoms with E-state index in [1.54, 1.807) is 0 Å². The van der Waals surface area contributed by atoms with Crippen molar-refractivity contribution in [1.29, 1.82) is 0 Å². The molecule has 3 aromatic rings. The van der Waals surface area contributed by atoms with Crippen molar-refractivity contribution in [2.75, 3.05) is 13.6 Å². The molecule has 2 heteroatoms. The van der Waals surface area contributed by atoms with Crippen LogP contribution in [0.15, 0.2) is 84.9 Å². The molecular formula is C24H27NO. The third kappa shape index (κ3) is 4.81. The average molecular weight is 345 g/mol. The number of aliphatic hydroxyl groups excluding tert-OH is 1. The van der Waals surface area contributed by atoms with Gasteiger partial charge in [0.15, 0.2) is 0 Å². The number of likely N-dealkylation sites (N-methyl/N-ethyl adjacent to an activating group) is 1. The number of nitrogens with zero attached hydrogens (tertiary/aromatic N) is 1. The highest BCUT2D eigenvalue weighted by Crippen LogP contribution is 2.29. The Hall–Kier alpha value is -2.42. The molecule has 0 aliphatic rings. The van der Waals surface area contributed by atoms with Gasteiger partial charge in [-0.2, -0.15) is 0 Å². The van der Waals surface area contributed by atoms with Gasteiger partial charge < -0.3 is 5.11 Å². The van der Waals surface area contributed by atoms with Gasteiger partial charge in [-0.1, -0.05) is 90.5 Å². The van der Waals surface area contributed by atoms with Gasteiger partial charge >= 0.3 is 0 Å². The minimum absolute atomic E-state index is 0.0324. The van der Waals surface area contributed by atoms with Crippen LogP contribution in [0.2, 0.25) is 0 Å². The predicted molar refractivity (Wildman–Crippen MR) is 108 cm³/mol. The summed E-state index contributed by atoms with van der Waals surface area (Å²) in [5, 5.41) is 11.1. The van der Waals surface area contributed by atoms with Gasteiger partial charge in [0.25, 0.3) is 0 Å². The van der Waals surface area contributed by atoms with Crippen molar-refractivity contribution in [2.24, 2.45) is 0 Å². The Labute approximate surface area is 156 Å². The van der Waals surface area contributed by atoms with Crippen molar-refractivity contribution < 1.29 is 5.11 Å². The SMILES string of the molecule is Cc1ccc(C(c2ccccc2)C(O)CN(C)Cc2ccccc2)cc1. The zero-order chi connectivity index (χ0) is 18.4. The number of benzene rings is 3. The Kier molecular flexibility index (Phi) is 6.21. The molecule has 0 saturated carbocycles. The van der Waals surface area contributed by atoms with Crippen molar-refractivity contribution in [2.45, 2.75) is 25.5 Å². The van der Waals surface area contributed by atoms with Gasteiger partial charge in [0.1, 0.15) is 0 Å². The molecule has 26 heavy (non-hydrogen) atoms. The fraction of sp³-hybridized carbons (Fsp3) is 0.250. The van der Waals surface area contributed by atoms with Crippen LogP contribution in [0.1, 0.15) is 28.2 Å². The summed E-state index contributed by atoms with van der Waals surface area (Å²) in [4.78, 5) is 2.18. The Balaban J connectivity index is 1.78. The monoisotopic (exact) mass is 345 g/mol. The van der Waals surface area contributed by atoms with Crippen LogP contribution < -0.4 is 0 Å². The molecule has 3 rings (SSSR count). The first-order valence-corrected chi connectivity index (χ1v) is 9.15. The van der Waals surface area contributed by atoms with E-state index < -0.39 is 6.10 Å². The second kappa shape index (κ2) is 8.79. The second-order valence-corrected chi connectivity index (χ2v) is 7.05. The third-order valence-corrected chi connectivity index (χ3v) is 4.77. The van der Waals surface area contributed by atoms with Gasteiger partial charge in [0.05, 0.1) is 6.10 Å². The smallest absolute Gasteiger partial charge is 0.0776 e. The molecule has 2 atom stereocenters. The van der Waals surface area contributed by atoms with Crippen molar-refractivity contribution >= 4 is 0 Å². The number of aryl methyl sites for hydroxylation is 1. The van der Waals surface area contributed by atoms with Crippen LogP contribution in [-0.4, -0.2) is 29.7 Å². The quantitative estimate of drug-likeness (QED) is 0.675. The highest BCUT2D eigenvalue weighted by molar-refractivity contribution is 5.35. The van der Waals surface area contributed by atoms with E-state index in [4.69, 9.17) is 0 Å². The summed E-state index contributed by atoms with van der Waals surface area (Å²) in [6.45, 7) is 3.53. The van der Waals surface area contributed by atoms with Gasteiger partial charge in [-0.15, -0.1) is 0 Å². The fourth-order valence-electron chi connectivity index (χ4n) is 3.46. The van der Waals surface area contributed by atoms with Crippen molar-refractivity contribution in [3.05, 3.63) is 107 Å². The fourth-order valence-corrected chi connectivity index (χ4v) is 3.46. The molecule has 0 aliphatic carbocycles. The summed E-state index contributed by atoms with van der Waals surface area (Å²) >= 11 is 0. The van der Waals surface area contributed by atoms with Crippen molar-refractivity contribution in [3.8, 4) is 0 Å². The zero-order valence-electron chi connectivity index (χ0n) is 15.5. The highest BCUT2D eigenvalue weighted by atomic mass is 16.3. The summed E-state index contributed by atoms with van der Waals surface area (Å²) in [6, 6.07) is 29.2. The van der Waals surface area contributed by atoms with Crippen LogP contribution in [0.25, 0.3) is 0 Å². The first-order valence-electron chi connectivity index (χ1n) is 9.15. The number of rotatable bonds is 7. The lowest BCUT2D eigenvalue weighted by molar-refractivity contribution is 0.108.